The Balaban J connectivity index is 1.55. The molecule has 2 unspecified atom stereocenters. The largest absolute Gasteiger partial charge is 0.465 e. The van der Waals surface area contributed by atoms with Crippen molar-refractivity contribution in [2.75, 3.05) is 19.6 Å². The van der Waals surface area contributed by atoms with E-state index >= 15 is 0 Å². The molecule has 29 heavy (non-hydrogen) atoms. The predicted octanol–water partition coefficient (Wildman–Crippen LogP) is 3.77. The lowest BCUT2D eigenvalue weighted by Gasteiger charge is -2.42. The van der Waals surface area contributed by atoms with Crippen LogP contribution in [0.5, 0.6) is 0 Å². The average Bonchev–Trinajstić information content (AvgIpc) is 3.15. The van der Waals surface area contributed by atoms with Crippen molar-refractivity contribution in [3.63, 3.8) is 0 Å². The summed E-state index contributed by atoms with van der Waals surface area (Å²) in [6.07, 6.45) is 13.4. The van der Waals surface area contributed by atoms with Gasteiger partial charge >= 0.3 is 6.09 Å². The molecule has 2 N–H and O–H groups in total. The van der Waals surface area contributed by atoms with Crippen LogP contribution in [0.1, 0.15) is 90.4 Å². The average molecular weight is 410 g/mol. The minimum absolute atomic E-state index is 0.0969. The normalized spacial score (nSPS) is 21.1. The number of unbranched alkanes of at least 4 members (excludes halogenated alkanes) is 9. The van der Waals surface area contributed by atoms with Crippen LogP contribution < -0.4 is 5.32 Å². The van der Waals surface area contributed by atoms with E-state index in [-0.39, 0.29) is 11.8 Å². The minimum Gasteiger partial charge on any atom is -0.465 e. The highest BCUT2D eigenvalue weighted by molar-refractivity contribution is 5.92. The maximum Gasteiger partial charge on any atom is 0.407 e. The number of carboxylic acid groups (broad SMARTS) is 1. The molecule has 0 aliphatic carbocycles. The van der Waals surface area contributed by atoms with Gasteiger partial charge in [-0.25, -0.2) is 4.79 Å². The molecule has 2 saturated heterocycles. The number of rotatable bonds is 13. The third-order valence-corrected chi connectivity index (χ3v) is 6.22. The number of carbonyl (C=O) groups is 3. The van der Waals surface area contributed by atoms with Crippen molar-refractivity contribution < 1.29 is 19.5 Å². The molecule has 7 nitrogen and oxygen atoms in total. The van der Waals surface area contributed by atoms with Crippen LogP contribution in [-0.4, -0.2) is 64.5 Å². The lowest BCUT2D eigenvalue weighted by Crippen LogP contribution is -2.62. The van der Waals surface area contributed by atoms with E-state index in [9.17, 15) is 19.5 Å². The van der Waals surface area contributed by atoms with Crippen LogP contribution in [0.25, 0.3) is 0 Å². The highest BCUT2D eigenvalue weighted by Gasteiger charge is 2.44. The van der Waals surface area contributed by atoms with E-state index < -0.39 is 18.2 Å². The molecular formula is C22H39N3O4. The van der Waals surface area contributed by atoms with Gasteiger partial charge in [-0.3, -0.25) is 14.5 Å². The van der Waals surface area contributed by atoms with Gasteiger partial charge in [0.05, 0.1) is 0 Å². The molecule has 0 aromatic carbocycles. The smallest absolute Gasteiger partial charge is 0.407 e. The molecule has 7 heteroatoms. The summed E-state index contributed by atoms with van der Waals surface area (Å²) >= 11 is 0. The Kier molecular flexibility index (Phi) is 10.3. The molecule has 0 saturated carbocycles. The van der Waals surface area contributed by atoms with E-state index in [0.29, 0.717) is 38.9 Å². The van der Waals surface area contributed by atoms with Crippen LogP contribution in [0.4, 0.5) is 4.79 Å². The van der Waals surface area contributed by atoms with Crippen molar-refractivity contribution in [2.24, 2.45) is 0 Å². The topological polar surface area (TPSA) is 90.0 Å². The summed E-state index contributed by atoms with van der Waals surface area (Å²) in [6, 6.07) is -1.05. The SMILES string of the molecule is CCCCCCCCCCCCNC(=O)C1CCN1C(=O)C1CCCN1C(=O)O. The second-order valence-corrected chi connectivity index (χ2v) is 8.44. The van der Waals surface area contributed by atoms with Crippen molar-refractivity contribution in [2.45, 2.75) is 102 Å². The highest BCUT2D eigenvalue weighted by Crippen LogP contribution is 2.25. The third-order valence-electron chi connectivity index (χ3n) is 6.22. The summed E-state index contributed by atoms with van der Waals surface area (Å²) in [5.41, 5.74) is 0. The van der Waals surface area contributed by atoms with Crippen molar-refractivity contribution >= 4 is 17.9 Å². The number of hydrogen-bond donors (Lipinski definition) is 2. The van der Waals surface area contributed by atoms with E-state index in [4.69, 9.17) is 0 Å². The molecule has 2 heterocycles. The second-order valence-electron chi connectivity index (χ2n) is 8.44. The number of nitrogens with one attached hydrogen (secondary N) is 1. The summed E-state index contributed by atoms with van der Waals surface area (Å²) in [5.74, 6) is -0.310. The molecule has 0 aromatic heterocycles. The molecule has 2 rings (SSSR count). The van der Waals surface area contributed by atoms with Crippen molar-refractivity contribution in [1.82, 2.24) is 15.1 Å². The monoisotopic (exact) mass is 409 g/mol. The molecule has 2 fully saturated rings. The fraction of sp³-hybridized carbons (Fsp3) is 0.864. The van der Waals surface area contributed by atoms with E-state index in [1.54, 1.807) is 4.90 Å². The van der Waals surface area contributed by atoms with Crippen LogP contribution in [0.3, 0.4) is 0 Å². The van der Waals surface area contributed by atoms with E-state index in [0.717, 1.165) is 12.8 Å². The molecule has 2 atom stereocenters. The summed E-state index contributed by atoms with van der Waals surface area (Å²) in [7, 11) is 0. The molecule has 3 amide bonds. The molecular weight excluding hydrogens is 370 g/mol. The van der Waals surface area contributed by atoms with Gasteiger partial charge in [-0.05, 0) is 25.7 Å². The highest BCUT2D eigenvalue weighted by atomic mass is 16.4. The fourth-order valence-electron chi connectivity index (χ4n) is 4.31. The summed E-state index contributed by atoms with van der Waals surface area (Å²) in [5, 5.41) is 12.2. The zero-order valence-electron chi connectivity index (χ0n) is 18.0. The van der Waals surface area contributed by atoms with Gasteiger partial charge in [-0.2, -0.15) is 0 Å². The van der Waals surface area contributed by atoms with Gasteiger partial charge in [0.15, 0.2) is 0 Å². The minimum atomic E-state index is -1.05. The zero-order chi connectivity index (χ0) is 21.1. The first-order valence-corrected chi connectivity index (χ1v) is 11.6. The molecule has 166 valence electrons. The molecule has 0 aromatic rings. The second kappa shape index (κ2) is 12.7. The van der Waals surface area contributed by atoms with Gasteiger partial charge in [0, 0.05) is 19.6 Å². The Morgan fingerprint density at radius 3 is 2.00 bits per heavy atom. The number of nitrogens with zero attached hydrogens (tertiary/aromatic N) is 2. The Morgan fingerprint density at radius 1 is 0.828 bits per heavy atom. The Labute approximate surface area is 175 Å². The number of likely N-dealkylation sites (tertiary alicyclic amines) is 2. The van der Waals surface area contributed by atoms with E-state index in [2.05, 4.69) is 12.2 Å². The zero-order valence-corrected chi connectivity index (χ0v) is 18.0. The van der Waals surface area contributed by atoms with Crippen LogP contribution in [-0.2, 0) is 9.59 Å². The van der Waals surface area contributed by atoms with E-state index in [1.165, 1.54) is 56.3 Å². The van der Waals surface area contributed by atoms with Gasteiger partial charge in [0.2, 0.25) is 11.8 Å². The van der Waals surface area contributed by atoms with Gasteiger partial charge < -0.3 is 15.3 Å². The van der Waals surface area contributed by atoms with Crippen LogP contribution in [0, 0.1) is 0 Å². The number of amides is 3. The van der Waals surface area contributed by atoms with E-state index in [1.807, 2.05) is 0 Å². The molecule has 0 spiro atoms. The summed E-state index contributed by atoms with van der Waals surface area (Å²) in [6.45, 7) is 3.83. The maximum absolute atomic E-state index is 12.7. The molecule has 2 aliphatic heterocycles. The first-order valence-electron chi connectivity index (χ1n) is 11.6. The summed E-state index contributed by atoms with van der Waals surface area (Å²) in [4.78, 5) is 39.1. The fourth-order valence-corrected chi connectivity index (χ4v) is 4.31. The Morgan fingerprint density at radius 2 is 1.45 bits per heavy atom. The van der Waals surface area contributed by atoms with Gasteiger partial charge in [0.25, 0.3) is 0 Å². The van der Waals surface area contributed by atoms with Crippen LogP contribution in [0.15, 0.2) is 0 Å². The molecule has 0 radical (unpaired) electrons. The first-order chi connectivity index (χ1) is 14.1. The predicted molar refractivity (Wildman–Crippen MR) is 113 cm³/mol. The number of hydrogen-bond acceptors (Lipinski definition) is 3. The standard InChI is InChI=1S/C22H39N3O4/c1-2-3-4-5-6-7-8-9-10-11-15-23-20(26)18-14-17-24(18)21(27)19-13-12-16-25(19)22(28)29/h18-19H,2-17H2,1H3,(H,23,26)(H,28,29). The lowest BCUT2D eigenvalue weighted by atomic mass is 9.99. The van der Waals surface area contributed by atoms with Crippen LogP contribution in [0.2, 0.25) is 0 Å². The third kappa shape index (κ3) is 7.19. The Hall–Kier alpha value is -1.79. The summed E-state index contributed by atoms with van der Waals surface area (Å²) < 4.78 is 0. The van der Waals surface area contributed by atoms with Crippen molar-refractivity contribution in [1.29, 1.82) is 0 Å². The van der Waals surface area contributed by atoms with Gasteiger partial charge in [-0.1, -0.05) is 64.7 Å². The number of carbonyl (C=O) groups excluding carboxylic acids is 2. The van der Waals surface area contributed by atoms with Gasteiger partial charge in [0.1, 0.15) is 12.1 Å². The molecule has 0 bridgehead atoms. The molecule has 2 aliphatic rings. The quantitative estimate of drug-likeness (QED) is 0.453. The van der Waals surface area contributed by atoms with Crippen LogP contribution >= 0.6 is 0 Å². The lowest BCUT2D eigenvalue weighted by molar-refractivity contribution is -0.150. The Bertz CT molecular complexity index is 540. The van der Waals surface area contributed by atoms with Crippen molar-refractivity contribution in [3.05, 3.63) is 0 Å². The van der Waals surface area contributed by atoms with Gasteiger partial charge in [-0.15, -0.1) is 0 Å². The van der Waals surface area contributed by atoms with Crippen molar-refractivity contribution in [3.8, 4) is 0 Å². The maximum atomic E-state index is 12.7. The first kappa shape index (κ1) is 23.5.